The van der Waals surface area contributed by atoms with Crippen molar-refractivity contribution < 1.29 is 8.83 Å². The molecule has 9 aromatic carbocycles. The highest BCUT2D eigenvalue weighted by molar-refractivity contribution is 6.94. The van der Waals surface area contributed by atoms with E-state index < -0.39 is 0 Å². The summed E-state index contributed by atoms with van der Waals surface area (Å²) in [4.78, 5) is 7.81. The van der Waals surface area contributed by atoms with Gasteiger partial charge in [-0.3, -0.25) is 0 Å². The van der Waals surface area contributed by atoms with Crippen LogP contribution in [0.4, 0.5) is 45.5 Å². The first-order valence-electron chi connectivity index (χ1n) is 32.9. The third kappa shape index (κ3) is 8.90. The largest absolute Gasteiger partial charge is 0.456 e. The molecule has 5 nitrogen and oxygen atoms in total. The molecule has 4 heterocycles. The Kier molecular flexibility index (Phi) is 12.3. The highest BCUT2D eigenvalue weighted by atomic mass is 16.3. The topological polar surface area (TPSA) is 36.0 Å². The van der Waals surface area contributed by atoms with Crippen molar-refractivity contribution in [1.29, 1.82) is 0 Å². The summed E-state index contributed by atoms with van der Waals surface area (Å²) >= 11 is 0. The summed E-state index contributed by atoms with van der Waals surface area (Å²) in [6, 6.07) is 61.2. The molecule has 6 heteroatoms. The van der Waals surface area contributed by atoms with Crippen molar-refractivity contribution in [2.45, 2.75) is 188 Å². The molecule has 2 aliphatic heterocycles. The van der Waals surface area contributed by atoms with Crippen LogP contribution in [-0.4, -0.2) is 6.85 Å². The number of hydrogen-bond acceptors (Lipinski definition) is 5. The molecular formula is C83H88BN3O2. The molecule has 15 rings (SSSR count). The number of fused-ring (bicyclic) bond motifs is 13. The number of aryl methyl sites for hydroxylation is 1. The van der Waals surface area contributed by atoms with Gasteiger partial charge in [-0.05, 0) is 211 Å². The molecule has 0 bridgehead atoms. The lowest BCUT2D eigenvalue weighted by atomic mass is 9.42. The minimum absolute atomic E-state index is 0.00116. The van der Waals surface area contributed by atoms with Crippen LogP contribution in [0, 0.1) is 6.92 Å². The van der Waals surface area contributed by atoms with E-state index in [9.17, 15) is 0 Å². The summed E-state index contributed by atoms with van der Waals surface area (Å²) in [6.07, 6.45) is 4.55. The summed E-state index contributed by atoms with van der Waals surface area (Å²) in [5.41, 5.74) is 28.6. The Hall–Kier alpha value is -7.96. The minimum Gasteiger partial charge on any atom is -0.456 e. The molecule has 0 radical (unpaired) electrons. The number of hydrogen-bond donors (Lipinski definition) is 0. The average molecular weight is 1170 g/mol. The van der Waals surface area contributed by atoms with Crippen molar-refractivity contribution in [2.75, 3.05) is 14.6 Å². The molecule has 0 atom stereocenters. The Bertz CT molecular complexity index is 4680. The SMILES string of the molecule is Cc1cc2c(cc1N1c3cc4c(cc3B3c5c1cc1c(oc6ccccc61)c5-c1cc5c(cc1N3c1ccc(C(C)(C)C)cc1)oc1ccc(N(c3ccc(C(C)(C)C)cc3)c3ccc(C(C)(C)C)cc3)cc15)C(C)(C)CCC4(C)C)C(C)(C)CCC2(C)C. The maximum Gasteiger partial charge on any atom is 0.333 e. The van der Waals surface area contributed by atoms with Gasteiger partial charge < -0.3 is 23.4 Å². The van der Waals surface area contributed by atoms with Crippen LogP contribution in [0.5, 0.6) is 0 Å². The first-order chi connectivity index (χ1) is 41.9. The molecule has 4 aliphatic rings. The van der Waals surface area contributed by atoms with E-state index in [1.807, 2.05) is 0 Å². The number of benzene rings is 9. The third-order valence-electron chi connectivity index (χ3n) is 21.8. The molecule has 2 aromatic heterocycles. The summed E-state index contributed by atoms with van der Waals surface area (Å²) in [7, 11) is 0. The van der Waals surface area contributed by atoms with Crippen molar-refractivity contribution in [3.8, 4) is 11.1 Å². The summed E-state index contributed by atoms with van der Waals surface area (Å²) < 4.78 is 14.7. The van der Waals surface area contributed by atoms with Crippen LogP contribution in [0.3, 0.4) is 0 Å². The first kappa shape index (κ1) is 57.5. The second-order valence-electron chi connectivity index (χ2n) is 32.8. The summed E-state index contributed by atoms with van der Waals surface area (Å²) in [6.45, 7) is 42.6. The molecule has 0 fully saturated rings. The van der Waals surface area contributed by atoms with Crippen molar-refractivity contribution in [1.82, 2.24) is 0 Å². The van der Waals surface area contributed by atoms with Gasteiger partial charge in [-0.2, -0.15) is 0 Å². The fourth-order valence-corrected chi connectivity index (χ4v) is 15.9. The minimum atomic E-state index is -0.243. The second-order valence-corrected chi connectivity index (χ2v) is 32.8. The Morgan fingerprint density at radius 3 is 1.46 bits per heavy atom. The molecule has 0 amide bonds. The van der Waals surface area contributed by atoms with E-state index in [2.05, 4.69) is 297 Å². The quantitative estimate of drug-likeness (QED) is 0.161. The van der Waals surface area contributed by atoms with Crippen LogP contribution in [0.25, 0.3) is 55.0 Å². The van der Waals surface area contributed by atoms with Crippen LogP contribution in [0.2, 0.25) is 0 Å². The zero-order valence-electron chi connectivity index (χ0n) is 56.1. The van der Waals surface area contributed by atoms with E-state index in [0.29, 0.717) is 0 Å². The van der Waals surface area contributed by atoms with Crippen molar-refractivity contribution in [3.05, 3.63) is 202 Å². The molecule has 0 spiro atoms. The summed E-state index contributed by atoms with van der Waals surface area (Å²) in [5.74, 6) is 0. The fourth-order valence-electron chi connectivity index (χ4n) is 15.9. The predicted molar refractivity (Wildman–Crippen MR) is 381 cm³/mol. The molecule has 0 unspecified atom stereocenters. The molecule has 2 aliphatic carbocycles. The van der Waals surface area contributed by atoms with Gasteiger partial charge in [0.15, 0.2) is 0 Å². The molecule has 450 valence electrons. The second kappa shape index (κ2) is 19.0. The Morgan fingerprint density at radius 2 is 0.899 bits per heavy atom. The van der Waals surface area contributed by atoms with Gasteiger partial charge in [0.25, 0.3) is 0 Å². The molecular weight excluding hydrogens is 1080 g/mol. The van der Waals surface area contributed by atoms with Crippen LogP contribution in [0.15, 0.2) is 167 Å². The highest BCUT2D eigenvalue weighted by Crippen LogP contribution is 2.57. The lowest BCUT2D eigenvalue weighted by Crippen LogP contribution is -2.62. The van der Waals surface area contributed by atoms with E-state index in [4.69, 9.17) is 8.83 Å². The Balaban J connectivity index is 1.05. The van der Waals surface area contributed by atoms with Gasteiger partial charge in [0.05, 0.1) is 0 Å². The maximum absolute atomic E-state index is 7.42. The zero-order valence-corrected chi connectivity index (χ0v) is 56.1. The standard InChI is InChI=1S/C83H88BN3O2/c1-49-41-62-64(82(15,16)39-37-80(62,11)12)46-67(49)86-69-47-65-63(81(13,14)38-40-83(65,17)18)45-66(69)84-75-70(86)44-60-57-21-19-20-22-71(57)89-76(60)74(75)61-43-59-58-42-56(35-36-72(58)88-73(59)48-68(61)87(84)55-33-27-52(28-34-55)79(8,9)10)85(53-29-23-50(24-30-53)77(2,3)4)54-31-25-51(26-32-54)78(5,6)7/h19-36,41-48H,37-40H2,1-18H3. The molecule has 0 N–H and O–H groups in total. The third-order valence-corrected chi connectivity index (χ3v) is 21.8. The van der Waals surface area contributed by atoms with Gasteiger partial charge in [0.2, 0.25) is 0 Å². The lowest BCUT2D eigenvalue weighted by Gasteiger charge is -2.49. The summed E-state index contributed by atoms with van der Waals surface area (Å²) in [5, 5.41) is 4.37. The first-order valence-corrected chi connectivity index (χ1v) is 32.9. The van der Waals surface area contributed by atoms with E-state index in [-0.39, 0.29) is 44.8 Å². The Morgan fingerprint density at radius 1 is 0.416 bits per heavy atom. The molecule has 0 saturated heterocycles. The Labute approximate surface area is 529 Å². The van der Waals surface area contributed by atoms with E-state index in [0.717, 1.165) is 109 Å². The number of nitrogens with zero attached hydrogens (tertiary/aromatic N) is 3. The molecule has 11 aromatic rings. The van der Waals surface area contributed by atoms with Crippen LogP contribution >= 0.6 is 0 Å². The predicted octanol–water partition coefficient (Wildman–Crippen LogP) is 22.6. The number of furan rings is 2. The van der Waals surface area contributed by atoms with Crippen molar-refractivity contribution >= 4 is 107 Å². The molecule has 0 saturated carbocycles. The van der Waals surface area contributed by atoms with Gasteiger partial charge in [-0.25, -0.2) is 0 Å². The number of anilines is 8. The van der Waals surface area contributed by atoms with Crippen LogP contribution < -0.4 is 25.5 Å². The normalized spacial score (nSPS) is 17.2. The maximum atomic E-state index is 7.42. The van der Waals surface area contributed by atoms with Gasteiger partial charge in [0.1, 0.15) is 22.3 Å². The zero-order chi connectivity index (χ0) is 62.6. The van der Waals surface area contributed by atoms with Gasteiger partial charge in [0, 0.05) is 84.2 Å². The average Bonchev–Trinajstić information content (AvgIpc) is 1.62. The number of para-hydroxylation sites is 1. The molecule has 89 heavy (non-hydrogen) atoms. The lowest BCUT2D eigenvalue weighted by molar-refractivity contribution is 0.331. The number of rotatable bonds is 5. The van der Waals surface area contributed by atoms with Gasteiger partial charge in [-0.1, -0.05) is 184 Å². The van der Waals surface area contributed by atoms with Crippen LogP contribution in [0.1, 0.15) is 188 Å². The van der Waals surface area contributed by atoms with Gasteiger partial charge >= 0.3 is 6.85 Å². The fraction of sp³-hybridized carbons (Fsp3) is 0.349. The van der Waals surface area contributed by atoms with E-state index in [1.165, 1.54) is 72.5 Å². The van der Waals surface area contributed by atoms with E-state index >= 15 is 0 Å². The van der Waals surface area contributed by atoms with E-state index in [1.54, 1.807) is 0 Å². The van der Waals surface area contributed by atoms with Crippen molar-refractivity contribution in [2.24, 2.45) is 0 Å². The van der Waals surface area contributed by atoms with Crippen molar-refractivity contribution in [3.63, 3.8) is 0 Å². The monoisotopic (exact) mass is 1170 g/mol. The smallest absolute Gasteiger partial charge is 0.333 e. The highest BCUT2D eigenvalue weighted by Gasteiger charge is 2.50. The van der Waals surface area contributed by atoms with Crippen LogP contribution in [-0.2, 0) is 37.9 Å². The van der Waals surface area contributed by atoms with Gasteiger partial charge in [-0.15, -0.1) is 0 Å².